The quantitative estimate of drug-likeness (QED) is 0.616. The van der Waals surface area contributed by atoms with E-state index < -0.39 is 5.67 Å². The molecular weight excluding hydrogens is 119 g/mol. The lowest BCUT2D eigenvalue weighted by molar-refractivity contribution is 0.0846. The lowest BCUT2D eigenvalue weighted by Crippen LogP contribution is -2.20. The van der Waals surface area contributed by atoms with Gasteiger partial charge < -0.3 is 5.11 Å². The van der Waals surface area contributed by atoms with Crippen molar-refractivity contribution in [3.63, 3.8) is 0 Å². The summed E-state index contributed by atoms with van der Waals surface area (Å²) in [5, 5.41) is 8.22. The van der Waals surface area contributed by atoms with E-state index in [1.165, 1.54) is 6.92 Å². The molecule has 0 fully saturated rings. The van der Waals surface area contributed by atoms with Gasteiger partial charge in [-0.15, -0.1) is 0 Å². The van der Waals surface area contributed by atoms with Crippen molar-refractivity contribution in [2.45, 2.75) is 39.8 Å². The number of hydrogen-bond donors (Lipinski definition) is 1. The van der Waals surface area contributed by atoms with Crippen LogP contribution in [0.2, 0.25) is 0 Å². The number of hydrogen-bond acceptors (Lipinski definition) is 1. The molecule has 0 heterocycles. The van der Waals surface area contributed by atoms with Gasteiger partial charge in [-0.25, -0.2) is 4.39 Å². The summed E-state index contributed by atoms with van der Waals surface area (Å²) in [5.41, 5.74) is -1.36. The molecule has 0 rings (SSSR count). The van der Waals surface area contributed by atoms with Gasteiger partial charge in [0.15, 0.2) is 0 Å². The Balaban J connectivity index is 0. The Morgan fingerprint density at radius 2 is 1.78 bits per heavy atom. The minimum absolute atomic E-state index is 0.372. The average molecular weight is 136 g/mol. The molecule has 0 radical (unpaired) electrons. The SMILES string of the molecule is CC.CCC(C)(F)CO. The summed E-state index contributed by atoms with van der Waals surface area (Å²) in [6.45, 7) is 6.72. The number of halogens is 1. The van der Waals surface area contributed by atoms with Gasteiger partial charge in [-0.3, -0.25) is 0 Å². The molecule has 1 nitrogen and oxygen atoms in total. The molecule has 0 saturated heterocycles. The van der Waals surface area contributed by atoms with E-state index in [-0.39, 0.29) is 6.61 Å². The molecule has 0 amide bonds. The van der Waals surface area contributed by atoms with Crippen LogP contribution in [-0.2, 0) is 0 Å². The molecule has 0 aliphatic rings. The van der Waals surface area contributed by atoms with E-state index in [0.29, 0.717) is 6.42 Å². The molecular formula is C7H17FO. The van der Waals surface area contributed by atoms with E-state index in [1.54, 1.807) is 6.92 Å². The molecule has 0 aliphatic carbocycles. The minimum Gasteiger partial charge on any atom is -0.393 e. The molecule has 9 heavy (non-hydrogen) atoms. The van der Waals surface area contributed by atoms with Crippen molar-refractivity contribution < 1.29 is 9.50 Å². The first-order chi connectivity index (χ1) is 4.12. The second-order valence-corrected chi connectivity index (χ2v) is 1.93. The first-order valence-corrected chi connectivity index (χ1v) is 3.42. The third kappa shape index (κ3) is 7.89. The summed E-state index contributed by atoms with van der Waals surface area (Å²) in [7, 11) is 0. The van der Waals surface area contributed by atoms with Gasteiger partial charge in [-0.2, -0.15) is 0 Å². The van der Waals surface area contributed by atoms with Crippen LogP contribution in [-0.4, -0.2) is 17.4 Å². The van der Waals surface area contributed by atoms with Crippen LogP contribution < -0.4 is 0 Å². The Kier molecular flexibility index (Phi) is 7.79. The summed E-state index contributed by atoms with van der Waals surface area (Å²) < 4.78 is 12.3. The molecule has 0 aromatic carbocycles. The first kappa shape index (κ1) is 11.7. The molecule has 0 spiro atoms. The molecule has 2 heteroatoms. The highest BCUT2D eigenvalue weighted by Crippen LogP contribution is 2.11. The molecule has 0 bridgehead atoms. The third-order valence-corrected chi connectivity index (χ3v) is 1.07. The maximum Gasteiger partial charge on any atom is 0.130 e. The van der Waals surface area contributed by atoms with Gasteiger partial charge in [0.05, 0.1) is 6.61 Å². The summed E-state index contributed by atoms with van der Waals surface area (Å²) in [6, 6.07) is 0. The lowest BCUT2D eigenvalue weighted by Gasteiger charge is -2.12. The fourth-order valence-electron chi connectivity index (χ4n) is 0.112. The van der Waals surface area contributed by atoms with Gasteiger partial charge in [0.1, 0.15) is 5.67 Å². The summed E-state index contributed by atoms with van der Waals surface area (Å²) >= 11 is 0. The Bertz CT molecular complexity index is 46.9. The maximum atomic E-state index is 12.3. The predicted octanol–water partition coefficient (Wildman–Crippen LogP) is 2.14. The van der Waals surface area contributed by atoms with E-state index in [1.807, 2.05) is 13.8 Å². The highest BCUT2D eigenvalue weighted by Gasteiger charge is 2.17. The van der Waals surface area contributed by atoms with E-state index in [4.69, 9.17) is 5.11 Å². The van der Waals surface area contributed by atoms with Gasteiger partial charge in [0.2, 0.25) is 0 Å². The standard InChI is InChI=1S/C5H11FO.C2H6/c1-3-5(2,6)4-7;1-2/h7H,3-4H2,1-2H3;1-2H3. The molecule has 1 atom stereocenters. The van der Waals surface area contributed by atoms with Gasteiger partial charge in [-0.1, -0.05) is 20.8 Å². The topological polar surface area (TPSA) is 20.2 Å². The van der Waals surface area contributed by atoms with Crippen LogP contribution in [0.15, 0.2) is 0 Å². The zero-order chi connectivity index (χ0) is 7.91. The Hall–Kier alpha value is -0.110. The second kappa shape index (κ2) is 6.02. The zero-order valence-electron chi connectivity index (χ0n) is 6.74. The van der Waals surface area contributed by atoms with Crippen LogP contribution in [0.25, 0.3) is 0 Å². The predicted molar refractivity (Wildman–Crippen MR) is 38.2 cm³/mol. The Morgan fingerprint density at radius 3 is 1.78 bits per heavy atom. The number of aliphatic hydroxyl groups excluding tert-OH is 1. The third-order valence-electron chi connectivity index (χ3n) is 1.07. The van der Waals surface area contributed by atoms with Gasteiger partial charge in [0.25, 0.3) is 0 Å². The highest BCUT2D eigenvalue weighted by atomic mass is 19.1. The van der Waals surface area contributed by atoms with E-state index in [2.05, 4.69) is 0 Å². The van der Waals surface area contributed by atoms with Crippen LogP contribution >= 0.6 is 0 Å². The molecule has 0 aromatic heterocycles. The molecule has 1 unspecified atom stereocenters. The van der Waals surface area contributed by atoms with Crippen molar-refractivity contribution in [2.75, 3.05) is 6.61 Å². The first-order valence-electron chi connectivity index (χ1n) is 3.42. The molecule has 0 aromatic rings. The number of aliphatic hydroxyl groups is 1. The van der Waals surface area contributed by atoms with E-state index in [0.717, 1.165) is 0 Å². The maximum absolute atomic E-state index is 12.3. The van der Waals surface area contributed by atoms with Crippen molar-refractivity contribution >= 4 is 0 Å². The number of alkyl halides is 1. The summed E-state index contributed by atoms with van der Waals surface area (Å²) in [4.78, 5) is 0. The smallest absolute Gasteiger partial charge is 0.130 e. The minimum atomic E-state index is -1.36. The van der Waals surface area contributed by atoms with Crippen molar-refractivity contribution in [2.24, 2.45) is 0 Å². The summed E-state index contributed by atoms with van der Waals surface area (Å²) in [6.07, 6.45) is 0.378. The van der Waals surface area contributed by atoms with Crippen LogP contribution in [0.5, 0.6) is 0 Å². The zero-order valence-corrected chi connectivity index (χ0v) is 6.74. The normalized spacial score (nSPS) is 15.3. The van der Waals surface area contributed by atoms with Crippen LogP contribution in [0.3, 0.4) is 0 Å². The average Bonchev–Trinajstić information content (AvgIpc) is 1.93. The molecule has 58 valence electrons. The van der Waals surface area contributed by atoms with Gasteiger partial charge in [0, 0.05) is 0 Å². The lowest BCUT2D eigenvalue weighted by atomic mass is 10.1. The molecule has 0 aliphatic heterocycles. The van der Waals surface area contributed by atoms with Gasteiger partial charge >= 0.3 is 0 Å². The van der Waals surface area contributed by atoms with E-state index >= 15 is 0 Å². The largest absolute Gasteiger partial charge is 0.393 e. The van der Waals surface area contributed by atoms with Gasteiger partial charge in [-0.05, 0) is 13.3 Å². The fraction of sp³-hybridized carbons (Fsp3) is 1.00. The van der Waals surface area contributed by atoms with Crippen molar-refractivity contribution in [1.29, 1.82) is 0 Å². The van der Waals surface area contributed by atoms with Crippen molar-refractivity contribution in [1.82, 2.24) is 0 Å². The van der Waals surface area contributed by atoms with Crippen LogP contribution in [0.1, 0.15) is 34.1 Å². The Morgan fingerprint density at radius 1 is 1.44 bits per heavy atom. The highest BCUT2D eigenvalue weighted by molar-refractivity contribution is 4.67. The van der Waals surface area contributed by atoms with Crippen molar-refractivity contribution in [3.8, 4) is 0 Å². The van der Waals surface area contributed by atoms with E-state index in [9.17, 15) is 4.39 Å². The van der Waals surface area contributed by atoms with Crippen LogP contribution in [0.4, 0.5) is 4.39 Å². The molecule has 1 N–H and O–H groups in total. The Labute approximate surface area is 56.9 Å². The monoisotopic (exact) mass is 136 g/mol. The van der Waals surface area contributed by atoms with Crippen LogP contribution in [0, 0.1) is 0 Å². The summed E-state index contributed by atoms with van der Waals surface area (Å²) in [5.74, 6) is 0. The number of rotatable bonds is 2. The molecule has 0 saturated carbocycles. The van der Waals surface area contributed by atoms with Crippen molar-refractivity contribution in [3.05, 3.63) is 0 Å². The second-order valence-electron chi connectivity index (χ2n) is 1.93. The fourth-order valence-corrected chi connectivity index (χ4v) is 0.112.